The number of carbonyl (C=O) groups is 1. The maximum atomic E-state index is 10.8. The third kappa shape index (κ3) is 8.38. The number of unbranched alkanes of at least 4 members (excludes halogenated alkanes) is 1. The Morgan fingerprint density at radius 1 is 1.08 bits per heavy atom. The summed E-state index contributed by atoms with van der Waals surface area (Å²) in [6, 6.07) is 0.0389. The number of aryl methyl sites for hydroxylation is 1. The van der Waals surface area contributed by atoms with Crippen molar-refractivity contribution < 1.29 is 9.90 Å². The quantitative estimate of drug-likeness (QED) is 0.313. The minimum Gasteiger partial charge on any atom is -0.481 e. The third-order valence-electron chi connectivity index (χ3n) is 8.15. The molecule has 2 fully saturated rings. The zero-order chi connectivity index (χ0) is 26.1. The van der Waals surface area contributed by atoms with Crippen molar-refractivity contribution in [1.82, 2.24) is 34.6 Å². The largest absolute Gasteiger partial charge is 0.481 e. The predicted molar refractivity (Wildman–Crippen MR) is 145 cm³/mol. The Hall–Kier alpha value is -2.23. The fourth-order valence-corrected chi connectivity index (χ4v) is 6.17. The summed E-state index contributed by atoms with van der Waals surface area (Å²) in [7, 11) is 0. The number of aliphatic carboxylic acids is 1. The van der Waals surface area contributed by atoms with Crippen LogP contribution in [0.15, 0.2) is 24.8 Å². The van der Waals surface area contributed by atoms with Crippen molar-refractivity contribution in [2.45, 2.75) is 77.8 Å². The van der Waals surface area contributed by atoms with Gasteiger partial charge in [0.15, 0.2) is 0 Å². The average molecular weight is 514 g/mol. The van der Waals surface area contributed by atoms with E-state index in [1.807, 2.05) is 12.4 Å². The highest BCUT2D eigenvalue weighted by Crippen LogP contribution is 2.40. The van der Waals surface area contributed by atoms with Gasteiger partial charge in [-0.3, -0.25) is 4.79 Å². The number of imidazole rings is 2. The molecule has 2 aromatic heterocycles. The van der Waals surface area contributed by atoms with E-state index in [0.29, 0.717) is 11.8 Å². The van der Waals surface area contributed by atoms with Gasteiger partial charge in [0.05, 0.1) is 6.04 Å². The molecule has 4 heterocycles. The zero-order valence-electron chi connectivity index (χ0n) is 22.9. The van der Waals surface area contributed by atoms with E-state index in [1.54, 1.807) is 6.20 Å². The van der Waals surface area contributed by atoms with Gasteiger partial charge in [-0.05, 0) is 82.6 Å². The number of piperidine rings is 1. The Morgan fingerprint density at radius 2 is 1.86 bits per heavy atom. The van der Waals surface area contributed by atoms with Gasteiger partial charge in [0, 0.05) is 57.3 Å². The van der Waals surface area contributed by atoms with E-state index in [1.165, 1.54) is 52.0 Å². The molecule has 2 aliphatic rings. The van der Waals surface area contributed by atoms with Crippen LogP contribution in [0.4, 0.5) is 0 Å². The summed E-state index contributed by atoms with van der Waals surface area (Å²) in [4.78, 5) is 28.5. The van der Waals surface area contributed by atoms with Gasteiger partial charge in [0.1, 0.15) is 11.6 Å². The molecule has 0 aliphatic carbocycles. The van der Waals surface area contributed by atoms with Gasteiger partial charge in [-0.1, -0.05) is 13.8 Å². The van der Waals surface area contributed by atoms with Gasteiger partial charge >= 0.3 is 5.97 Å². The van der Waals surface area contributed by atoms with E-state index < -0.39 is 5.97 Å². The van der Waals surface area contributed by atoms with Gasteiger partial charge in [-0.2, -0.15) is 0 Å². The SMILES string of the molecule is CC(C)CN1CCC2(CC1)CCN(CCCn1ccnc1C(Cc1ncc[nH]1)NCCCCC(=O)O)C2. The third-order valence-corrected chi connectivity index (χ3v) is 8.15. The molecule has 1 atom stereocenters. The normalized spacial score (nSPS) is 19.2. The Labute approximate surface area is 222 Å². The first kappa shape index (κ1) is 27.8. The number of aromatic amines is 1. The summed E-state index contributed by atoms with van der Waals surface area (Å²) in [6.07, 6.45) is 15.2. The Kier molecular flexibility index (Phi) is 10.2. The van der Waals surface area contributed by atoms with Crippen LogP contribution in [0.5, 0.6) is 0 Å². The fourth-order valence-electron chi connectivity index (χ4n) is 6.17. The van der Waals surface area contributed by atoms with Gasteiger partial charge < -0.3 is 29.8 Å². The highest BCUT2D eigenvalue weighted by atomic mass is 16.4. The number of H-pyrrole nitrogens is 1. The molecular formula is C28H47N7O2. The second-order valence-electron chi connectivity index (χ2n) is 11.7. The molecule has 37 heavy (non-hydrogen) atoms. The lowest BCUT2D eigenvalue weighted by molar-refractivity contribution is -0.137. The Bertz CT molecular complexity index is 934. The fraction of sp³-hybridized carbons (Fsp3) is 0.750. The van der Waals surface area contributed by atoms with Gasteiger partial charge in [0.25, 0.3) is 0 Å². The monoisotopic (exact) mass is 513 g/mol. The molecule has 2 saturated heterocycles. The molecular weight excluding hydrogens is 466 g/mol. The highest BCUT2D eigenvalue weighted by molar-refractivity contribution is 5.66. The molecule has 9 heteroatoms. The van der Waals surface area contributed by atoms with E-state index in [0.717, 1.165) is 56.5 Å². The number of likely N-dealkylation sites (tertiary alicyclic amines) is 2. The van der Waals surface area contributed by atoms with Crippen molar-refractivity contribution >= 4 is 5.97 Å². The molecule has 3 N–H and O–H groups in total. The first-order valence-electron chi connectivity index (χ1n) is 14.3. The predicted octanol–water partition coefficient (Wildman–Crippen LogP) is 3.57. The van der Waals surface area contributed by atoms with Crippen molar-refractivity contribution in [2.24, 2.45) is 11.3 Å². The van der Waals surface area contributed by atoms with Crippen LogP contribution in [0, 0.1) is 11.3 Å². The van der Waals surface area contributed by atoms with Crippen LogP contribution >= 0.6 is 0 Å². The number of aromatic nitrogens is 4. The lowest BCUT2D eigenvalue weighted by Crippen LogP contribution is -2.42. The number of hydrogen-bond donors (Lipinski definition) is 3. The second kappa shape index (κ2) is 13.5. The second-order valence-corrected chi connectivity index (χ2v) is 11.7. The van der Waals surface area contributed by atoms with Crippen LogP contribution in [-0.2, 0) is 17.8 Å². The molecule has 1 spiro atoms. The summed E-state index contributed by atoms with van der Waals surface area (Å²) >= 11 is 0. The topological polar surface area (TPSA) is 102 Å². The van der Waals surface area contributed by atoms with Crippen LogP contribution in [-0.4, -0.2) is 86.2 Å². The van der Waals surface area contributed by atoms with Gasteiger partial charge in [-0.15, -0.1) is 0 Å². The molecule has 0 saturated carbocycles. The number of carboxylic acids is 1. The lowest BCUT2D eigenvalue weighted by atomic mass is 9.77. The molecule has 9 nitrogen and oxygen atoms in total. The minimum absolute atomic E-state index is 0.0389. The van der Waals surface area contributed by atoms with Crippen LogP contribution in [0.3, 0.4) is 0 Å². The molecule has 206 valence electrons. The van der Waals surface area contributed by atoms with E-state index in [-0.39, 0.29) is 12.5 Å². The van der Waals surface area contributed by atoms with Gasteiger partial charge in [-0.25, -0.2) is 9.97 Å². The number of carboxylic acid groups (broad SMARTS) is 1. The molecule has 4 rings (SSSR count). The van der Waals surface area contributed by atoms with Crippen molar-refractivity contribution in [3.8, 4) is 0 Å². The van der Waals surface area contributed by atoms with Crippen LogP contribution in [0.25, 0.3) is 0 Å². The summed E-state index contributed by atoms with van der Waals surface area (Å²) in [5, 5.41) is 12.5. The Balaban J connectivity index is 1.25. The molecule has 2 aromatic rings. The molecule has 0 radical (unpaired) electrons. The zero-order valence-corrected chi connectivity index (χ0v) is 22.9. The minimum atomic E-state index is -0.733. The van der Waals surface area contributed by atoms with Crippen LogP contribution in [0.1, 0.15) is 76.5 Å². The molecule has 0 amide bonds. The van der Waals surface area contributed by atoms with Crippen molar-refractivity contribution in [3.05, 3.63) is 36.4 Å². The standard InChI is InChI=1S/C28H47N7O2/c1-23(2)21-33-16-7-28(8-17-33)9-18-34(22-28)14-5-15-35-19-13-32-27(35)24(20-25-30-11-12-31-25)29-10-4-3-6-26(36)37/h11-13,19,23-24,29H,3-10,14-18,20-22H2,1-2H3,(H,30,31)(H,36,37). The van der Waals surface area contributed by atoms with Crippen molar-refractivity contribution in [1.29, 1.82) is 0 Å². The number of hydrogen-bond acceptors (Lipinski definition) is 6. The summed E-state index contributed by atoms with van der Waals surface area (Å²) in [6.45, 7) is 13.8. The number of nitrogens with zero attached hydrogens (tertiary/aromatic N) is 5. The molecule has 2 aliphatic heterocycles. The maximum Gasteiger partial charge on any atom is 0.303 e. The Morgan fingerprint density at radius 3 is 2.57 bits per heavy atom. The highest BCUT2D eigenvalue weighted by Gasteiger charge is 2.40. The molecule has 0 bridgehead atoms. The summed E-state index contributed by atoms with van der Waals surface area (Å²) in [5.41, 5.74) is 0.548. The first-order valence-corrected chi connectivity index (χ1v) is 14.3. The smallest absolute Gasteiger partial charge is 0.303 e. The van der Waals surface area contributed by atoms with Crippen LogP contribution in [0.2, 0.25) is 0 Å². The summed E-state index contributed by atoms with van der Waals surface area (Å²) < 4.78 is 2.29. The maximum absolute atomic E-state index is 10.8. The van der Waals surface area contributed by atoms with E-state index in [2.05, 4.69) is 49.7 Å². The lowest BCUT2D eigenvalue weighted by Gasteiger charge is -2.40. The van der Waals surface area contributed by atoms with Crippen molar-refractivity contribution in [3.63, 3.8) is 0 Å². The molecule has 1 unspecified atom stereocenters. The number of nitrogens with one attached hydrogen (secondary N) is 2. The van der Waals surface area contributed by atoms with E-state index >= 15 is 0 Å². The van der Waals surface area contributed by atoms with Crippen molar-refractivity contribution in [2.75, 3.05) is 45.8 Å². The van der Waals surface area contributed by atoms with E-state index in [4.69, 9.17) is 10.1 Å². The average Bonchev–Trinajstić information content (AvgIpc) is 3.62. The summed E-state index contributed by atoms with van der Waals surface area (Å²) in [5.74, 6) is 1.99. The van der Waals surface area contributed by atoms with Gasteiger partial charge in [0.2, 0.25) is 0 Å². The van der Waals surface area contributed by atoms with Crippen LogP contribution < -0.4 is 5.32 Å². The van der Waals surface area contributed by atoms with E-state index in [9.17, 15) is 4.79 Å². The number of rotatable bonds is 15. The first-order chi connectivity index (χ1) is 17.9. The molecule has 0 aromatic carbocycles.